The van der Waals surface area contributed by atoms with E-state index in [1.165, 1.54) is 23.3 Å². The number of hydrogen-bond acceptors (Lipinski definition) is 3. The van der Waals surface area contributed by atoms with E-state index in [9.17, 15) is 4.79 Å². The lowest BCUT2D eigenvalue weighted by Crippen LogP contribution is -2.10. The Morgan fingerprint density at radius 1 is 1.24 bits per heavy atom. The number of hydrogen-bond donors (Lipinski definition) is 2. The fourth-order valence-electron chi connectivity index (χ4n) is 2.83. The molecule has 0 bridgehead atoms. The number of rotatable bonds is 2. The minimum Gasteiger partial charge on any atom is -0.304 e. The van der Waals surface area contributed by atoms with Gasteiger partial charge >= 0.3 is 0 Å². The molecule has 3 aromatic rings. The molecule has 4 nitrogen and oxygen atoms in total. The highest BCUT2D eigenvalue weighted by Crippen LogP contribution is 2.30. The van der Waals surface area contributed by atoms with Gasteiger partial charge in [-0.25, -0.2) is 0 Å². The Morgan fingerprint density at radius 2 is 2.10 bits per heavy atom. The van der Waals surface area contributed by atoms with Gasteiger partial charge in [0.15, 0.2) is 5.82 Å². The van der Waals surface area contributed by atoms with Crippen LogP contribution in [0.5, 0.6) is 0 Å². The van der Waals surface area contributed by atoms with Crippen molar-refractivity contribution in [3.8, 4) is 0 Å². The maximum Gasteiger partial charge on any atom is 0.266 e. The molecule has 0 saturated carbocycles. The number of benzene rings is 1. The predicted octanol–water partition coefficient (Wildman–Crippen LogP) is 3.76. The van der Waals surface area contributed by atoms with Crippen LogP contribution in [0.1, 0.15) is 33.0 Å². The first-order valence-corrected chi connectivity index (χ1v) is 7.99. The average Bonchev–Trinajstić information content (AvgIpc) is 3.11. The van der Waals surface area contributed by atoms with E-state index >= 15 is 0 Å². The standard InChI is InChI=1S/C16H15N3OS/c20-16(14-9-10-5-1-4-8-13(10)21-14)17-15-11-6-2-3-7-12(11)18-19-15/h2-3,6-7,9H,1,4-5,8H2,(H2,17,18,19,20). The fraction of sp³-hybridized carbons (Fsp3) is 0.250. The number of fused-ring (bicyclic) bond motifs is 2. The minimum atomic E-state index is -0.0633. The first-order chi connectivity index (χ1) is 10.3. The van der Waals surface area contributed by atoms with Crippen molar-refractivity contribution in [2.45, 2.75) is 25.7 Å². The molecule has 2 N–H and O–H groups in total. The van der Waals surface area contributed by atoms with Crippen molar-refractivity contribution in [1.29, 1.82) is 0 Å². The molecule has 1 aliphatic carbocycles. The smallest absolute Gasteiger partial charge is 0.266 e. The number of H-pyrrole nitrogens is 1. The van der Waals surface area contributed by atoms with Crippen LogP contribution in [0.2, 0.25) is 0 Å². The predicted molar refractivity (Wildman–Crippen MR) is 85.0 cm³/mol. The van der Waals surface area contributed by atoms with Gasteiger partial charge in [0, 0.05) is 10.3 Å². The van der Waals surface area contributed by atoms with E-state index in [0.717, 1.165) is 28.6 Å². The van der Waals surface area contributed by atoms with Gasteiger partial charge in [-0.05, 0) is 49.4 Å². The van der Waals surface area contributed by atoms with Gasteiger partial charge in [-0.2, -0.15) is 5.10 Å². The summed E-state index contributed by atoms with van der Waals surface area (Å²) in [4.78, 5) is 14.6. The number of aryl methyl sites for hydroxylation is 2. The van der Waals surface area contributed by atoms with Crippen molar-refractivity contribution in [3.63, 3.8) is 0 Å². The van der Waals surface area contributed by atoms with Crippen LogP contribution in [0.4, 0.5) is 5.82 Å². The summed E-state index contributed by atoms with van der Waals surface area (Å²) in [6.45, 7) is 0. The van der Waals surface area contributed by atoms with Crippen LogP contribution in [0.3, 0.4) is 0 Å². The number of nitrogens with one attached hydrogen (secondary N) is 2. The molecule has 0 saturated heterocycles. The monoisotopic (exact) mass is 297 g/mol. The third kappa shape index (κ3) is 2.23. The topological polar surface area (TPSA) is 57.8 Å². The Morgan fingerprint density at radius 3 is 3.00 bits per heavy atom. The second-order valence-corrected chi connectivity index (χ2v) is 6.47. The van der Waals surface area contributed by atoms with Crippen molar-refractivity contribution >= 4 is 34.0 Å². The third-order valence-electron chi connectivity index (χ3n) is 3.92. The van der Waals surface area contributed by atoms with Crippen molar-refractivity contribution in [2.75, 3.05) is 5.32 Å². The van der Waals surface area contributed by atoms with Gasteiger partial charge in [0.05, 0.1) is 10.4 Å². The summed E-state index contributed by atoms with van der Waals surface area (Å²) in [5.41, 5.74) is 2.28. The SMILES string of the molecule is O=C(Nc1n[nH]c2ccccc12)c1cc2c(s1)CCCC2. The van der Waals surface area contributed by atoms with Crippen molar-refractivity contribution in [2.24, 2.45) is 0 Å². The van der Waals surface area contributed by atoms with Crippen LogP contribution < -0.4 is 5.32 Å². The summed E-state index contributed by atoms with van der Waals surface area (Å²) in [5, 5.41) is 11.0. The number of aromatic amines is 1. The molecule has 106 valence electrons. The fourth-order valence-corrected chi connectivity index (χ4v) is 3.98. The second kappa shape index (κ2) is 5.00. The van der Waals surface area contributed by atoms with Crippen LogP contribution >= 0.6 is 11.3 Å². The summed E-state index contributed by atoms with van der Waals surface area (Å²) < 4.78 is 0. The van der Waals surface area contributed by atoms with Gasteiger partial charge < -0.3 is 5.32 Å². The Hall–Kier alpha value is -2.14. The second-order valence-electron chi connectivity index (χ2n) is 5.34. The van der Waals surface area contributed by atoms with E-state index in [0.29, 0.717) is 5.82 Å². The first-order valence-electron chi connectivity index (χ1n) is 7.17. The van der Waals surface area contributed by atoms with Crippen LogP contribution in [0.15, 0.2) is 30.3 Å². The normalized spacial score (nSPS) is 14.1. The van der Waals surface area contributed by atoms with E-state index in [4.69, 9.17) is 0 Å². The number of thiophene rings is 1. The number of carbonyl (C=O) groups is 1. The Labute approximate surface area is 126 Å². The number of amides is 1. The van der Waals surface area contributed by atoms with Gasteiger partial charge in [0.2, 0.25) is 0 Å². The van der Waals surface area contributed by atoms with E-state index < -0.39 is 0 Å². The van der Waals surface area contributed by atoms with Crippen LogP contribution in [0.25, 0.3) is 10.9 Å². The molecule has 0 radical (unpaired) electrons. The van der Waals surface area contributed by atoms with Crippen LogP contribution in [-0.4, -0.2) is 16.1 Å². The van der Waals surface area contributed by atoms with Crippen molar-refractivity contribution < 1.29 is 4.79 Å². The van der Waals surface area contributed by atoms with Crippen LogP contribution in [-0.2, 0) is 12.8 Å². The highest BCUT2D eigenvalue weighted by Gasteiger charge is 2.18. The summed E-state index contributed by atoms with van der Waals surface area (Å²) in [5.74, 6) is 0.536. The lowest BCUT2D eigenvalue weighted by Gasteiger charge is -2.08. The number of nitrogens with zero attached hydrogens (tertiary/aromatic N) is 1. The van der Waals surface area contributed by atoms with Gasteiger partial charge in [0.1, 0.15) is 0 Å². The maximum atomic E-state index is 12.4. The highest BCUT2D eigenvalue weighted by molar-refractivity contribution is 7.14. The number of anilines is 1. The van der Waals surface area contributed by atoms with Gasteiger partial charge in [-0.15, -0.1) is 11.3 Å². The van der Waals surface area contributed by atoms with E-state index in [2.05, 4.69) is 15.5 Å². The molecule has 1 aromatic carbocycles. The molecule has 2 aromatic heterocycles. The van der Waals surface area contributed by atoms with E-state index in [1.54, 1.807) is 11.3 Å². The largest absolute Gasteiger partial charge is 0.304 e. The molecular weight excluding hydrogens is 282 g/mol. The number of para-hydroxylation sites is 1. The number of aromatic nitrogens is 2. The molecule has 0 fully saturated rings. The minimum absolute atomic E-state index is 0.0633. The lowest BCUT2D eigenvalue weighted by molar-refractivity contribution is 0.103. The molecule has 1 aliphatic rings. The lowest BCUT2D eigenvalue weighted by atomic mass is 9.99. The third-order valence-corrected chi connectivity index (χ3v) is 5.16. The van der Waals surface area contributed by atoms with Gasteiger partial charge in [-0.3, -0.25) is 9.89 Å². The first kappa shape index (κ1) is 12.6. The van der Waals surface area contributed by atoms with Gasteiger partial charge in [0.25, 0.3) is 5.91 Å². The highest BCUT2D eigenvalue weighted by atomic mass is 32.1. The zero-order chi connectivity index (χ0) is 14.2. The molecule has 5 heteroatoms. The Balaban J connectivity index is 1.62. The Bertz CT molecular complexity index is 794. The summed E-state index contributed by atoms with van der Waals surface area (Å²) in [6.07, 6.45) is 4.68. The van der Waals surface area contributed by atoms with Crippen LogP contribution in [0, 0.1) is 0 Å². The molecule has 0 atom stereocenters. The molecule has 1 amide bonds. The van der Waals surface area contributed by atoms with Crippen molar-refractivity contribution in [3.05, 3.63) is 45.6 Å². The quantitative estimate of drug-likeness (QED) is 0.756. The zero-order valence-corrected chi connectivity index (χ0v) is 12.3. The molecule has 0 unspecified atom stereocenters. The zero-order valence-electron chi connectivity index (χ0n) is 11.5. The summed E-state index contributed by atoms with van der Waals surface area (Å²) in [6, 6.07) is 9.83. The average molecular weight is 297 g/mol. The molecule has 2 heterocycles. The molecular formula is C16H15N3OS. The van der Waals surface area contributed by atoms with Crippen molar-refractivity contribution in [1.82, 2.24) is 10.2 Å². The molecule has 0 spiro atoms. The maximum absolute atomic E-state index is 12.4. The molecule has 21 heavy (non-hydrogen) atoms. The van der Waals surface area contributed by atoms with E-state index in [-0.39, 0.29) is 5.91 Å². The molecule has 4 rings (SSSR count). The summed E-state index contributed by atoms with van der Waals surface area (Å²) >= 11 is 1.62. The van der Waals surface area contributed by atoms with E-state index in [1.807, 2.05) is 30.3 Å². The Kier molecular flexibility index (Phi) is 3.00. The summed E-state index contributed by atoms with van der Waals surface area (Å²) in [7, 11) is 0. The molecule has 0 aliphatic heterocycles. The van der Waals surface area contributed by atoms with Gasteiger partial charge in [-0.1, -0.05) is 12.1 Å². The number of carbonyl (C=O) groups excluding carboxylic acids is 1.